The first-order valence-corrected chi connectivity index (χ1v) is 5.82. The molecule has 1 saturated heterocycles. The molecular weight excluding hydrogens is 241 g/mol. The molecule has 0 saturated carbocycles. The second-order valence-corrected chi connectivity index (χ2v) is 4.96. The zero-order valence-electron chi connectivity index (χ0n) is 9.58. The highest BCUT2D eigenvalue weighted by atomic mass is 35.5. The third kappa shape index (κ3) is 1.94. The van der Waals surface area contributed by atoms with E-state index in [-0.39, 0.29) is 29.7 Å². The average Bonchev–Trinajstić information content (AvgIpc) is 2.55. The van der Waals surface area contributed by atoms with E-state index in [2.05, 4.69) is 10.3 Å². The van der Waals surface area contributed by atoms with Crippen LogP contribution in [0.3, 0.4) is 0 Å². The molecule has 0 aromatic carbocycles. The van der Waals surface area contributed by atoms with Crippen molar-refractivity contribution in [3.8, 4) is 0 Å². The Labute approximate surface area is 106 Å². The summed E-state index contributed by atoms with van der Waals surface area (Å²) in [5.41, 5.74) is 8.32. The van der Waals surface area contributed by atoms with Gasteiger partial charge in [-0.25, -0.2) is 4.39 Å². The molecule has 1 aliphatic heterocycles. The van der Waals surface area contributed by atoms with Gasteiger partial charge in [-0.15, -0.1) is 12.4 Å². The van der Waals surface area contributed by atoms with E-state index in [9.17, 15) is 4.39 Å². The first kappa shape index (κ1) is 12.7. The largest absolute Gasteiger partial charge is 0.323 e. The molecule has 2 heterocycles. The fraction of sp³-hybridized carbons (Fsp3) is 0.583. The second-order valence-electron chi connectivity index (χ2n) is 4.96. The van der Waals surface area contributed by atoms with E-state index in [0.717, 1.165) is 43.6 Å². The van der Waals surface area contributed by atoms with Crippen LogP contribution < -0.4 is 11.1 Å². The molecule has 1 aromatic rings. The third-order valence-electron chi connectivity index (χ3n) is 4.08. The standard InChI is InChI=1S/C12H16FN3.ClH/c13-8-5-9-10(16-7-8)6-12(11(9)14)1-3-15-4-2-12;/h5,7,11,15H,1-4,6,14H2;1H/t11-;/m1./s1. The minimum atomic E-state index is -0.278. The van der Waals surface area contributed by atoms with Gasteiger partial charge in [-0.05, 0) is 49.4 Å². The number of hydrogen-bond acceptors (Lipinski definition) is 3. The minimum absolute atomic E-state index is 0. The van der Waals surface area contributed by atoms with Crippen molar-refractivity contribution in [1.82, 2.24) is 10.3 Å². The zero-order chi connectivity index (χ0) is 11.2. The Hall–Kier alpha value is -0.710. The molecule has 0 amide bonds. The van der Waals surface area contributed by atoms with Gasteiger partial charge in [0.1, 0.15) is 5.82 Å². The van der Waals surface area contributed by atoms with Crippen molar-refractivity contribution < 1.29 is 4.39 Å². The summed E-state index contributed by atoms with van der Waals surface area (Å²) in [6.45, 7) is 2.01. The normalized spacial score (nSPS) is 25.4. The van der Waals surface area contributed by atoms with Gasteiger partial charge in [0.15, 0.2) is 0 Å². The fourth-order valence-electron chi connectivity index (χ4n) is 3.09. The van der Waals surface area contributed by atoms with Gasteiger partial charge in [-0.1, -0.05) is 0 Å². The van der Waals surface area contributed by atoms with Crippen molar-refractivity contribution in [2.24, 2.45) is 11.1 Å². The monoisotopic (exact) mass is 257 g/mol. The summed E-state index contributed by atoms with van der Waals surface area (Å²) in [4.78, 5) is 4.18. The van der Waals surface area contributed by atoms with Crippen molar-refractivity contribution >= 4 is 12.4 Å². The van der Waals surface area contributed by atoms with E-state index in [1.807, 2.05) is 0 Å². The highest BCUT2D eigenvalue weighted by Gasteiger charge is 2.45. The average molecular weight is 258 g/mol. The van der Waals surface area contributed by atoms with Crippen molar-refractivity contribution in [3.63, 3.8) is 0 Å². The quantitative estimate of drug-likeness (QED) is 0.742. The predicted octanol–water partition coefficient (Wildman–Crippen LogP) is 1.57. The number of hydrogen-bond donors (Lipinski definition) is 2. The smallest absolute Gasteiger partial charge is 0.141 e. The summed E-state index contributed by atoms with van der Waals surface area (Å²) in [6.07, 6.45) is 4.33. The van der Waals surface area contributed by atoms with E-state index < -0.39 is 0 Å². The number of rotatable bonds is 0. The van der Waals surface area contributed by atoms with Crippen LogP contribution in [0.2, 0.25) is 0 Å². The Balaban J connectivity index is 0.00000108. The molecule has 5 heteroatoms. The zero-order valence-corrected chi connectivity index (χ0v) is 10.4. The van der Waals surface area contributed by atoms with Gasteiger partial charge in [0.25, 0.3) is 0 Å². The van der Waals surface area contributed by atoms with Crippen LogP contribution in [0.25, 0.3) is 0 Å². The Morgan fingerprint density at radius 2 is 2.12 bits per heavy atom. The second kappa shape index (κ2) is 4.52. The molecule has 3 nitrogen and oxygen atoms in total. The van der Waals surface area contributed by atoms with Crippen molar-refractivity contribution in [2.45, 2.75) is 25.3 Å². The van der Waals surface area contributed by atoms with Gasteiger partial charge >= 0.3 is 0 Å². The maximum absolute atomic E-state index is 13.2. The van der Waals surface area contributed by atoms with Gasteiger partial charge < -0.3 is 11.1 Å². The van der Waals surface area contributed by atoms with E-state index in [1.165, 1.54) is 6.20 Å². The molecule has 3 N–H and O–H groups in total. The Kier molecular flexibility index (Phi) is 3.39. The van der Waals surface area contributed by atoms with E-state index >= 15 is 0 Å². The van der Waals surface area contributed by atoms with Crippen LogP contribution in [-0.2, 0) is 6.42 Å². The third-order valence-corrected chi connectivity index (χ3v) is 4.08. The molecule has 1 aliphatic carbocycles. The molecule has 0 unspecified atom stereocenters. The molecular formula is C12H17ClFN3. The molecule has 94 valence electrons. The van der Waals surface area contributed by atoms with Crippen LogP contribution in [0, 0.1) is 11.2 Å². The van der Waals surface area contributed by atoms with Crippen molar-refractivity contribution in [2.75, 3.05) is 13.1 Å². The van der Waals surface area contributed by atoms with Crippen LogP contribution in [0.5, 0.6) is 0 Å². The van der Waals surface area contributed by atoms with Crippen LogP contribution in [0.4, 0.5) is 4.39 Å². The molecule has 1 fully saturated rings. The summed E-state index contributed by atoms with van der Waals surface area (Å²) < 4.78 is 13.2. The molecule has 3 rings (SSSR count). The Morgan fingerprint density at radius 3 is 2.82 bits per heavy atom. The number of fused-ring (bicyclic) bond motifs is 1. The number of nitrogens with zero attached hydrogens (tertiary/aromatic N) is 1. The van der Waals surface area contributed by atoms with Gasteiger partial charge in [0, 0.05) is 11.7 Å². The van der Waals surface area contributed by atoms with E-state index in [4.69, 9.17) is 5.73 Å². The number of aromatic nitrogens is 1. The van der Waals surface area contributed by atoms with Gasteiger partial charge in [-0.2, -0.15) is 0 Å². The number of nitrogens with one attached hydrogen (secondary N) is 1. The molecule has 1 atom stereocenters. The lowest BCUT2D eigenvalue weighted by molar-refractivity contribution is 0.173. The van der Waals surface area contributed by atoms with Crippen LogP contribution >= 0.6 is 12.4 Å². The number of halogens is 2. The first-order chi connectivity index (χ1) is 7.71. The summed E-state index contributed by atoms with van der Waals surface area (Å²) >= 11 is 0. The van der Waals surface area contributed by atoms with Crippen LogP contribution in [0.1, 0.15) is 30.1 Å². The van der Waals surface area contributed by atoms with Gasteiger partial charge in [0.05, 0.1) is 6.20 Å². The van der Waals surface area contributed by atoms with Crippen LogP contribution in [-0.4, -0.2) is 18.1 Å². The molecule has 1 aromatic heterocycles. The number of pyridine rings is 1. The van der Waals surface area contributed by atoms with Crippen molar-refractivity contribution in [1.29, 1.82) is 0 Å². The molecule has 1 spiro atoms. The summed E-state index contributed by atoms with van der Waals surface area (Å²) in [5.74, 6) is -0.278. The van der Waals surface area contributed by atoms with E-state index in [0.29, 0.717) is 0 Å². The fourth-order valence-corrected chi connectivity index (χ4v) is 3.09. The molecule has 0 radical (unpaired) electrons. The van der Waals surface area contributed by atoms with Gasteiger partial charge in [-0.3, -0.25) is 4.98 Å². The molecule has 0 bridgehead atoms. The van der Waals surface area contributed by atoms with E-state index in [1.54, 1.807) is 6.07 Å². The highest BCUT2D eigenvalue weighted by Crippen LogP contribution is 2.49. The Bertz CT molecular complexity index is 418. The first-order valence-electron chi connectivity index (χ1n) is 5.82. The Morgan fingerprint density at radius 1 is 1.41 bits per heavy atom. The molecule has 2 aliphatic rings. The SMILES string of the molecule is Cl.N[C@@H]1c2cc(F)cnc2CC12CCNCC2. The topological polar surface area (TPSA) is 50.9 Å². The molecule has 17 heavy (non-hydrogen) atoms. The summed E-state index contributed by atoms with van der Waals surface area (Å²) in [6, 6.07) is 1.51. The van der Waals surface area contributed by atoms with Crippen molar-refractivity contribution in [3.05, 3.63) is 29.3 Å². The lowest BCUT2D eigenvalue weighted by atomic mass is 9.74. The lowest BCUT2D eigenvalue weighted by Crippen LogP contribution is -2.42. The summed E-state index contributed by atoms with van der Waals surface area (Å²) in [7, 11) is 0. The lowest BCUT2D eigenvalue weighted by Gasteiger charge is -2.37. The maximum atomic E-state index is 13.2. The van der Waals surface area contributed by atoms with Gasteiger partial charge in [0.2, 0.25) is 0 Å². The number of piperidine rings is 1. The van der Waals surface area contributed by atoms with Crippen LogP contribution in [0.15, 0.2) is 12.3 Å². The minimum Gasteiger partial charge on any atom is -0.323 e. The highest BCUT2D eigenvalue weighted by molar-refractivity contribution is 5.85. The summed E-state index contributed by atoms with van der Waals surface area (Å²) in [5, 5.41) is 3.34. The maximum Gasteiger partial charge on any atom is 0.141 e. The number of nitrogens with two attached hydrogens (primary N) is 1. The predicted molar refractivity (Wildman–Crippen MR) is 66.6 cm³/mol.